The summed E-state index contributed by atoms with van der Waals surface area (Å²) in [5.41, 5.74) is 2.69. The SMILES string of the molecule is Cc1ccc(C(=O)c2ccccc2C(=O)NCC2(C)CCNCC2)cc1. The summed E-state index contributed by atoms with van der Waals surface area (Å²) < 4.78 is 0. The smallest absolute Gasteiger partial charge is 0.252 e. The van der Waals surface area contributed by atoms with Crippen LogP contribution in [0.25, 0.3) is 0 Å². The van der Waals surface area contributed by atoms with Crippen molar-refractivity contribution in [3.05, 3.63) is 70.8 Å². The normalized spacial score (nSPS) is 16.1. The molecule has 1 aliphatic rings. The first-order valence-electron chi connectivity index (χ1n) is 9.18. The molecule has 0 atom stereocenters. The predicted molar refractivity (Wildman–Crippen MR) is 104 cm³/mol. The molecule has 0 radical (unpaired) electrons. The van der Waals surface area contributed by atoms with Crippen LogP contribution in [0.2, 0.25) is 0 Å². The highest BCUT2D eigenvalue weighted by Crippen LogP contribution is 2.27. The van der Waals surface area contributed by atoms with Crippen molar-refractivity contribution >= 4 is 11.7 Å². The number of benzene rings is 2. The molecule has 0 unspecified atom stereocenters. The van der Waals surface area contributed by atoms with E-state index in [0.717, 1.165) is 31.5 Å². The highest BCUT2D eigenvalue weighted by atomic mass is 16.2. The van der Waals surface area contributed by atoms with Crippen LogP contribution < -0.4 is 10.6 Å². The molecule has 2 aromatic rings. The van der Waals surface area contributed by atoms with Gasteiger partial charge in [0.05, 0.1) is 5.56 Å². The lowest BCUT2D eigenvalue weighted by Gasteiger charge is -2.34. The zero-order valence-corrected chi connectivity index (χ0v) is 15.5. The van der Waals surface area contributed by atoms with Gasteiger partial charge in [0.2, 0.25) is 0 Å². The fourth-order valence-electron chi connectivity index (χ4n) is 3.34. The predicted octanol–water partition coefficient (Wildman–Crippen LogP) is 3.35. The van der Waals surface area contributed by atoms with Gasteiger partial charge in [-0.3, -0.25) is 9.59 Å². The van der Waals surface area contributed by atoms with Crippen LogP contribution in [-0.2, 0) is 0 Å². The summed E-state index contributed by atoms with van der Waals surface area (Å²) >= 11 is 0. The molecule has 1 fully saturated rings. The molecule has 1 saturated heterocycles. The average molecular weight is 350 g/mol. The van der Waals surface area contributed by atoms with Gasteiger partial charge in [0.25, 0.3) is 5.91 Å². The number of hydrogen-bond donors (Lipinski definition) is 2. The topological polar surface area (TPSA) is 58.2 Å². The second-order valence-electron chi connectivity index (χ2n) is 7.48. The summed E-state index contributed by atoms with van der Waals surface area (Å²) in [7, 11) is 0. The van der Waals surface area contributed by atoms with Gasteiger partial charge in [-0.2, -0.15) is 0 Å². The van der Waals surface area contributed by atoms with Gasteiger partial charge in [-0.05, 0) is 44.3 Å². The average Bonchev–Trinajstić information content (AvgIpc) is 2.67. The first kappa shape index (κ1) is 18.3. The standard InChI is InChI=1S/C22H26N2O2/c1-16-7-9-17(10-8-16)20(25)18-5-3-4-6-19(18)21(26)24-15-22(2)11-13-23-14-12-22/h3-10,23H,11-15H2,1-2H3,(H,24,26). The third-order valence-corrected chi connectivity index (χ3v) is 5.22. The fraction of sp³-hybridized carbons (Fsp3) is 0.364. The van der Waals surface area contributed by atoms with E-state index in [-0.39, 0.29) is 17.1 Å². The molecular weight excluding hydrogens is 324 g/mol. The Hall–Kier alpha value is -2.46. The maximum atomic E-state index is 12.9. The summed E-state index contributed by atoms with van der Waals surface area (Å²) in [6, 6.07) is 14.5. The van der Waals surface area contributed by atoms with Crippen molar-refractivity contribution in [3.63, 3.8) is 0 Å². The second-order valence-corrected chi connectivity index (χ2v) is 7.48. The van der Waals surface area contributed by atoms with E-state index in [1.54, 1.807) is 24.3 Å². The number of aryl methyl sites for hydroxylation is 1. The van der Waals surface area contributed by atoms with Crippen LogP contribution in [0.5, 0.6) is 0 Å². The Labute approximate surface area is 155 Å². The molecule has 0 saturated carbocycles. The van der Waals surface area contributed by atoms with E-state index >= 15 is 0 Å². The van der Waals surface area contributed by atoms with Crippen LogP contribution >= 0.6 is 0 Å². The zero-order valence-electron chi connectivity index (χ0n) is 15.5. The van der Waals surface area contributed by atoms with Crippen LogP contribution in [0.4, 0.5) is 0 Å². The molecular formula is C22H26N2O2. The van der Waals surface area contributed by atoms with Gasteiger partial charge in [0, 0.05) is 17.7 Å². The fourth-order valence-corrected chi connectivity index (χ4v) is 3.34. The lowest BCUT2D eigenvalue weighted by Crippen LogP contribution is -2.43. The van der Waals surface area contributed by atoms with Gasteiger partial charge < -0.3 is 10.6 Å². The molecule has 0 spiro atoms. The number of rotatable bonds is 5. The quantitative estimate of drug-likeness (QED) is 0.813. The van der Waals surface area contributed by atoms with E-state index < -0.39 is 0 Å². The number of hydrogen-bond acceptors (Lipinski definition) is 3. The highest BCUT2D eigenvalue weighted by molar-refractivity contribution is 6.15. The first-order chi connectivity index (χ1) is 12.5. The van der Waals surface area contributed by atoms with Crippen LogP contribution in [0.15, 0.2) is 48.5 Å². The van der Waals surface area contributed by atoms with E-state index in [1.165, 1.54) is 0 Å². The van der Waals surface area contributed by atoms with Gasteiger partial charge in [0.15, 0.2) is 5.78 Å². The molecule has 136 valence electrons. The van der Waals surface area contributed by atoms with Crippen molar-refractivity contribution in [2.45, 2.75) is 26.7 Å². The highest BCUT2D eigenvalue weighted by Gasteiger charge is 2.27. The third-order valence-electron chi connectivity index (χ3n) is 5.22. The Balaban J connectivity index is 1.76. The Kier molecular flexibility index (Phi) is 5.52. The van der Waals surface area contributed by atoms with Crippen molar-refractivity contribution in [1.82, 2.24) is 10.6 Å². The van der Waals surface area contributed by atoms with Crippen molar-refractivity contribution in [3.8, 4) is 0 Å². The van der Waals surface area contributed by atoms with Crippen molar-refractivity contribution in [1.29, 1.82) is 0 Å². The van der Waals surface area contributed by atoms with Crippen LogP contribution in [-0.4, -0.2) is 31.3 Å². The molecule has 3 rings (SSSR count). The first-order valence-corrected chi connectivity index (χ1v) is 9.18. The van der Waals surface area contributed by atoms with E-state index in [4.69, 9.17) is 0 Å². The van der Waals surface area contributed by atoms with Gasteiger partial charge in [-0.25, -0.2) is 0 Å². The zero-order chi connectivity index (χ0) is 18.6. The maximum absolute atomic E-state index is 12.9. The molecule has 0 bridgehead atoms. The maximum Gasteiger partial charge on any atom is 0.252 e. The molecule has 0 aromatic heterocycles. The van der Waals surface area contributed by atoms with Gasteiger partial charge >= 0.3 is 0 Å². The van der Waals surface area contributed by atoms with Crippen LogP contribution in [0.3, 0.4) is 0 Å². The summed E-state index contributed by atoms with van der Waals surface area (Å²) in [5, 5.41) is 6.39. The van der Waals surface area contributed by atoms with Crippen molar-refractivity contribution in [2.24, 2.45) is 5.41 Å². The third kappa shape index (κ3) is 4.20. The van der Waals surface area contributed by atoms with Gasteiger partial charge in [0.1, 0.15) is 0 Å². The number of nitrogens with one attached hydrogen (secondary N) is 2. The summed E-state index contributed by atoms with van der Waals surface area (Å²) in [5.74, 6) is -0.301. The Morgan fingerprint density at radius 2 is 1.62 bits per heavy atom. The Morgan fingerprint density at radius 1 is 1.00 bits per heavy atom. The summed E-state index contributed by atoms with van der Waals surface area (Å²) in [4.78, 5) is 25.6. The summed E-state index contributed by atoms with van der Waals surface area (Å²) in [6.07, 6.45) is 2.08. The Morgan fingerprint density at radius 3 is 2.27 bits per heavy atom. The number of amides is 1. The number of ketones is 1. The van der Waals surface area contributed by atoms with Crippen molar-refractivity contribution < 1.29 is 9.59 Å². The summed E-state index contributed by atoms with van der Waals surface area (Å²) in [6.45, 7) is 6.78. The van der Waals surface area contributed by atoms with E-state index in [2.05, 4.69) is 17.6 Å². The Bertz CT molecular complexity index is 790. The second kappa shape index (κ2) is 7.83. The van der Waals surface area contributed by atoms with Gasteiger partial charge in [-0.15, -0.1) is 0 Å². The van der Waals surface area contributed by atoms with E-state index in [1.807, 2.05) is 31.2 Å². The monoisotopic (exact) mass is 350 g/mol. The molecule has 1 amide bonds. The van der Waals surface area contributed by atoms with E-state index in [9.17, 15) is 9.59 Å². The minimum absolute atomic E-state index is 0.108. The van der Waals surface area contributed by atoms with Crippen LogP contribution in [0, 0.1) is 12.3 Å². The van der Waals surface area contributed by atoms with Crippen molar-refractivity contribution in [2.75, 3.05) is 19.6 Å². The molecule has 0 aliphatic carbocycles. The minimum atomic E-state index is -0.180. The minimum Gasteiger partial charge on any atom is -0.351 e. The van der Waals surface area contributed by atoms with Crippen LogP contribution in [0.1, 0.15) is 51.6 Å². The molecule has 2 N–H and O–H groups in total. The number of carbonyl (C=O) groups excluding carboxylic acids is 2. The molecule has 4 heteroatoms. The largest absolute Gasteiger partial charge is 0.351 e. The lowest BCUT2D eigenvalue weighted by atomic mass is 9.81. The molecule has 4 nitrogen and oxygen atoms in total. The van der Waals surface area contributed by atoms with E-state index in [0.29, 0.717) is 23.2 Å². The molecule has 1 heterocycles. The molecule has 26 heavy (non-hydrogen) atoms. The molecule has 2 aromatic carbocycles. The lowest BCUT2D eigenvalue weighted by molar-refractivity contribution is 0.0913. The number of piperidine rings is 1. The number of carbonyl (C=O) groups is 2. The molecule has 1 aliphatic heterocycles. The van der Waals surface area contributed by atoms with Gasteiger partial charge in [-0.1, -0.05) is 55.0 Å².